The third-order valence-electron chi connectivity index (χ3n) is 2.87. The van der Waals surface area contributed by atoms with Gasteiger partial charge in [-0.1, -0.05) is 44.2 Å². The Morgan fingerprint density at radius 2 is 1.94 bits per heavy atom. The number of ether oxygens (including phenoxy) is 1. The van der Waals surface area contributed by atoms with E-state index in [4.69, 9.17) is 0 Å². The number of hydrogen-bond donors (Lipinski definition) is 1. The fraction of sp³-hybridized carbons (Fsp3) is 0.462. The van der Waals surface area contributed by atoms with Crippen molar-refractivity contribution < 1.29 is 14.6 Å². The van der Waals surface area contributed by atoms with Gasteiger partial charge in [-0.25, -0.2) is 0 Å². The summed E-state index contributed by atoms with van der Waals surface area (Å²) in [5.41, 5.74) is -0.413. The fourth-order valence-corrected chi connectivity index (χ4v) is 1.66. The Labute approximate surface area is 96.1 Å². The van der Waals surface area contributed by atoms with Gasteiger partial charge in [0.2, 0.25) is 0 Å². The highest BCUT2D eigenvalue weighted by Gasteiger charge is 2.35. The summed E-state index contributed by atoms with van der Waals surface area (Å²) >= 11 is 0. The van der Waals surface area contributed by atoms with Crippen LogP contribution in [0.5, 0.6) is 0 Å². The van der Waals surface area contributed by atoms with Crippen molar-refractivity contribution in [3.8, 4) is 0 Å². The van der Waals surface area contributed by atoms with Crippen LogP contribution in [0.15, 0.2) is 30.3 Å². The predicted molar refractivity (Wildman–Crippen MR) is 61.8 cm³/mol. The van der Waals surface area contributed by atoms with Gasteiger partial charge in [-0.2, -0.15) is 0 Å². The van der Waals surface area contributed by atoms with E-state index in [0.717, 1.165) is 5.56 Å². The lowest BCUT2D eigenvalue weighted by Crippen LogP contribution is -2.35. The van der Waals surface area contributed by atoms with E-state index in [0.29, 0.717) is 0 Å². The zero-order valence-electron chi connectivity index (χ0n) is 9.93. The van der Waals surface area contributed by atoms with Gasteiger partial charge in [0.15, 0.2) is 0 Å². The summed E-state index contributed by atoms with van der Waals surface area (Å²) in [6.45, 7) is 3.77. The molecule has 0 fully saturated rings. The number of hydrogen-bond acceptors (Lipinski definition) is 3. The zero-order chi connectivity index (χ0) is 12.2. The minimum Gasteiger partial charge on any atom is -0.469 e. The molecule has 0 saturated carbocycles. The summed E-state index contributed by atoms with van der Waals surface area (Å²) in [5.74, 6) is -0.464. The number of rotatable bonds is 4. The second kappa shape index (κ2) is 5.12. The first-order chi connectivity index (χ1) is 7.50. The molecule has 0 saturated heterocycles. The lowest BCUT2D eigenvalue weighted by molar-refractivity contribution is -0.148. The van der Waals surface area contributed by atoms with Crippen LogP contribution in [0.25, 0.3) is 0 Å². The van der Waals surface area contributed by atoms with Crippen LogP contribution in [0.1, 0.15) is 25.8 Å². The summed E-state index contributed by atoms with van der Waals surface area (Å²) in [7, 11) is 1.33. The molecule has 0 radical (unpaired) electrons. The predicted octanol–water partition coefficient (Wildman–Crippen LogP) is 2.09. The normalized spacial score (nSPS) is 14.6. The maximum absolute atomic E-state index is 11.3. The van der Waals surface area contributed by atoms with E-state index >= 15 is 0 Å². The average molecular weight is 222 g/mol. The van der Waals surface area contributed by atoms with Crippen LogP contribution in [0.2, 0.25) is 0 Å². The summed E-state index contributed by atoms with van der Waals surface area (Å²) < 4.78 is 4.62. The Balaban J connectivity index is 3.02. The van der Waals surface area contributed by atoms with E-state index in [1.165, 1.54) is 7.11 Å². The molecule has 1 atom stereocenters. The highest BCUT2D eigenvalue weighted by Crippen LogP contribution is 2.33. The third kappa shape index (κ3) is 2.61. The summed E-state index contributed by atoms with van der Waals surface area (Å²) in [4.78, 5) is 11.3. The molecule has 0 spiro atoms. The molecular weight excluding hydrogens is 204 g/mol. The maximum atomic E-state index is 11.3. The van der Waals surface area contributed by atoms with Crippen LogP contribution >= 0.6 is 0 Å². The van der Waals surface area contributed by atoms with Crippen LogP contribution in [-0.4, -0.2) is 18.2 Å². The fourth-order valence-electron chi connectivity index (χ4n) is 1.66. The van der Waals surface area contributed by atoms with Gasteiger partial charge in [0.05, 0.1) is 13.5 Å². The van der Waals surface area contributed by atoms with Crippen LogP contribution in [0.4, 0.5) is 0 Å². The van der Waals surface area contributed by atoms with E-state index in [2.05, 4.69) is 4.74 Å². The van der Waals surface area contributed by atoms with E-state index in [9.17, 15) is 9.90 Å². The number of carbonyl (C=O) groups is 1. The Kier molecular flexibility index (Phi) is 4.07. The monoisotopic (exact) mass is 222 g/mol. The number of aliphatic hydroxyl groups is 1. The van der Waals surface area contributed by atoms with Crippen molar-refractivity contribution in [2.24, 2.45) is 5.92 Å². The van der Waals surface area contributed by atoms with Gasteiger partial charge in [0.1, 0.15) is 5.60 Å². The molecule has 1 rings (SSSR count). The molecule has 0 bridgehead atoms. The molecule has 3 nitrogen and oxygen atoms in total. The summed E-state index contributed by atoms with van der Waals surface area (Å²) in [6, 6.07) is 9.22. The molecule has 0 aromatic heterocycles. The second-order valence-electron chi connectivity index (χ2n) is 4.20. The van der Waals surface area contributed by atoms with Gasteiger partial charge < -0.3 is 9.84 Å². The zero-order valence-corrected chi connectivity index (χ0v) is 9.93. The van der Waals surface area contributed by atoms with Gasteiger partial charge in [0, 0.05) is 0 Å². The molecule has 16 heavy (non-hydrogen) atoms. The molecule has 1 aromatic carbocycles. The van der Waals surface area contributed by atoms with E-state index < -0.39 is 11.6 Å². The van der Waals surface area contributed by atoms with E-state index in [1.54, 1.807) is 0 Å². The molecule has 0 amide bonds. The van der Waals surface area contributed by atoms with Gasteiger partial charge in [0.25, 0.3) is 0 Å². The van der Waals surface area contributed by atoms with Crippen LogP contribution in [0, 0.1) is 5.92 Å². The smallest absolute Gasteiger partial charge is 0.308 e. The topological polar surface area (TPSA) is 46.5 Å². The Hall–Kier alpha value is -1.35. The molecule has 88 valence electrons. The SMILES string of the molecule is COC(=O)C[C@@](O)(c1ccccc1)C(C)C. The Morgan fingerprint density at radius 1 is 1.38 bits per heavy atom. The average Bonchev–Trinajstić information content (AvgIpc) is 2.29. The number of methoxy groups -OCH3 is 1. The molecular formula is C13H18O3. The third-order valence-corrected chi connectivity index (χ3v) is 2.87. The molecule has 0 aliphatic heterocycles. The Morgan fingerprint density at radius 3 is 2.38 bits per heavy atom. The lowest BCUT2D eigenvalue weighted by atomic mass is 9.81. The minimum absolute atomic E-state index is 0.0226. The number of benzene rings is 1. The van der Waals surface area contributed by atoms with Crippen molar-refractivity contribution in [1.29, 1.82) is 0 Å². The van der Waals surface area contributed by atoms with Gasteiger partial charge in [-0.05, 0) is 11.5 Å². The van der Waals surface area contributed by atoms with E-state index in [1.807, 2.05) is 44.2 Å². The van der Waals surface area contributed by atoms with Gasteiger partial charge in [-0.15, -0.1) is 0 Å². The lowest BCUT2D eigenvalue weighted by Gasteiger charge is -2.31. The highest BCUT2D eigenvalue weighted by molar-refractivity contribution is 5.71. The molecule has 0 heterocycles. The van der Waals surface area contributed by atoms with Crippen molar-refractivity contribution in [2.45, 2.75) is 25.9 Å². The quantitative estimate of drug-likeness (QED) is 0.793. The number of carbonyl (C=O) groups excluding carboxylic acids is 1. The van der Waals surface area contributed by atoms with Gasteiger partial charge in [-0.3, -0.25) is 4.79 Å². The first-order valence-corrected chi connectivity index (χ1v) is 5.35. The standard InChI is InChI=1S/C13H18O3/c1-10(2)13(15,9-12(14)16-3)11-7-5-4-6-8-11/h4-8,10,15H,9H2,1-3H3/t13-/m0/s1. The van der Waals surface area contributed by atoms with Crippen molar-refractivity contribution >= 4 is 5.97 Å². The first kappa shape index (κ1) is 12.7. The Bertz CT molecular complexity index is 345. The summed E-state index contributed by atoms with van der Waals surface area (Å²) in [6.07, 6.45) is -0.0226. The first-order valence-electron chi connectivity index (χ1n) is 5.35. The van der Waals surface area contributed by atoms with Crippen LogP contribution in [0.3, 0.4) is 0 Å². The molecule has 3 heteroatoms. The van der Waals surface area contributed by atoms with Crippen molar-refractivity contribution in [2.75, 3.05) is 7.11 Å². The number of esters is 1. The molecule has 1 aromatic rings. The summed E-state index contributed by atoms with van der Waals surface area (Å²) in [5, 5.41) is 10.6. The van der Waals surface area contributed by atoms with Crippen molar-refractivity contribution in [3.05, 3.63) is 35.9 Å². The van der Waals surface area contributed by atoms with Crippen molar-refractivity contribution in [1.82, 2.24) is 0 Å². The van der Waals surface area contributed by atoms with Crippen LogP contribution in [-0.2, 0) is 15.1 Å². The maximum Gasteiger partial charge on any atom is 0.308 e. The molecule has 0 unspecified atom stereocenters. The molecule has 1 N–H and O–H groups in total. The van der Waals surface area contributed by atoms with E-state index in [-0.39, 0.29) is 12.3 Å². The molecule has 0 aliphatic rings. The van der Waals surface area contributed by atoms with Gasteiger partial charge >= 0.3 is 5.97 Å². The second-order valence-corrected chi connectivity index (χ2v) is 4.20. The molecule has 0 aliphatic carbocycles. The minimum atomic E-state index is -1.16. The van der Waals surface area contributed by atoms with Crippen molar-refractivity contribution in [3.63, 3.8) is 0 Å². The largest absolute Gasteiger partial charge is 0.469 e. The highest BCUT2D eigenvalue weighted by atomic mass is 16.5. The van der Waals surface area contributed by atoms with Crippen LogP contribution < -0.4 is 0 Å².